The van der Waals surface area contributed by atoms with E-state index in [1.54, 1.807) is 0 Å². The Bertz CT molecular complexity index is 1130. The quantitative estimate of drug-likeness (QED) is 0.408. The lowest BCUT2D eigenvalue weighted by molar-refractivity contribution is 0.0974. The van der Waals surface area contributed by atoms with Gasteiger partial charge in [0.1, 0.15) is 23.0 Å². The molecule has 3 aromatic carbocycles. The molecule has 0 atom stereocenters. The summed E-state index contributed by atoms with van der Waals surface area (Å²) in [5.41, 5.74) is 0.483. The van der Waals surface area contributed by atoms with Crippen LogP contribution in [-0.4, -0.2) is 32.0 Å². The Hall–Kier alpha value is -3.80. The van der Waals surface area contributed by atoms with Gasteiger partial charge in [-0.25, -0.2) is 0 Å². The first-order valence-corrected chi connectivity index (χ1v) is 8.15. The topological polar surface area (TPSA) is 115 Å². The molecule has 3 aromatic rings. The van der Waals surface area contributed by atoms with Gasteiger partial charge in [0, 0.05) is 23.1 Å². The number of phenolic OH excluding ortho intramolecular Hbond substituents is 4. The van der Waals surface area contributed by atoms with Crippen LogP contribution in [0.5, 0.6) is 23.0 Å². The third-order valence-electron chi connectivity index (χ3n) is 4.69. The zero-order valence-electron chi connectivity index (χ0n) is 13.9. The third-order valence-corrected chi connectivity index (χ3v) is 4.69. The Morgan fingerprint density at radius 1 is 0.667 bits per heavy atom. The van der Waals surface area contributed by atoms with E-state index in [-0.39, 0.29) is 51.7 Å². The predicted molar refractivity (Wildman–Crippen MR) is 95.7 cm³/mol. The molecule has 27 heavy (non-hydrogen) atoms. The zero-order valence-corrected chi connectivity index (χ0v) is 13.9. The van der Waals surface area contributed by atoms with Crippen molar-refractivity contribution >= 4 is 11.6 Å². The normalized spacial score (nSPS) is 12.6. The van der Waals surface area contributed by atoms with Gasteiger partial charge in [0.2, 0.25) is 5.78 Å². The van der Waals surface area contributed by atoms with E-state index in [2.05, 4.69) is 0 Å². The molecule has 0 aliphatic heterocycles. The number of benzene rings is 3. The first kappa shape index (κ1) is 16.7. The lowest BCUT2D eigenvalue weighted by Gasteiger charge is -2.20. The van der Waals surface area contributed by atoms with Crippen LogP contribution < -0.4 is 0 Å². The van der Waals surface area contributed by atoms with Gasteiger partial charge in [-0.2, -0.15) is 0 Å². The second-order valence-corrected chi connectivity index (χ2v) is 6.34. The van der Waals surface area contributed by atoms with Crippen LogP contribution in [0.15, 0.2) is 48.5 Å². The second-order valence-electron chi connectivity index (χ2n) is 6.34. The van der Waals surface area contributed by atoms with Crippen molar-refractivity contribution in [3.8, 4) is 23.0 Å². The number of hydrogen-bond acceptors (Lipinski definition) is 6. The molecular weight excluding hydrogens is 348 g/mol. The van der Waals surface area contributed by atoms with Crippen LogP contribution >= 0.6 is 0 Å². The molecule has 0 heterocycles. The number of fused-ring (bicyclic) bond motifs is 2. The molecule has 6 nitrogen and oxygen atoms in total. The van der Waals surface area contributed by atoms with Crippen molar-refractivity contribution in [2.45, 2.75) is 6.42 Å². The van der Waals surface area contributed by atoms with Gasteiger partial charge in [0.05, 0.1) is 11.1 Å². The van der Waals surface area contributed by atoms with E-state index in [9.17, 15) is 30.0 Å². The molecule has 0 bridgehead atoms. The van der Waals surface area contributed by atoms with E-state index in [0.29, 0.717) is 11.1 Å². The van der Waals surface area contributed by atoms with Gasteiger partial charge in [0.25, 0.3) is 0 Å². The van der Waals surface area contributed by atoms with E-state index in [0.717, 1.165) is 0 Å². The van der Waals surface area contributed by atoms with E-state index in [4.69, 9.17) is 0 Å². The summed E-state index contributed by atoms with van der Waals surface area (Å²) in [6, 6.07) is 11.2. The molecule has 1 aliphatic rings. The van der Waals surface area contributed by atoms with Gasteiger partial charge < -0.3 is 20.4 Å². The van der Waals surface area contributed by atoms with Crippen molar-refractivity contribution in [2.24, 2.45) is 0 Å². The fourth-order valence-electron chi connectivity index (χ4n) is 3.35. The Morgan fingerprint density at radius 2 is 1.41 bits per heavy atom. The molecule has 0 radical (unpaired) electrons. The zero-order chi connectivity index (χ0) is 19.3. The molecule has 0 unspecified atom stereocenters. The Kier molecular flexibility index (Phi) is 3.63. The third kappa shape index (κ3) is 2.50. The lowest BCUT2D eigenvalue weighted by Crippen LogP contribution is -2.21. The minimum atomic E-state index is -0.641. The fraction of sp³-hybridized carbons (Fsp3) is 0.0476. The number of rotatable bonds is 2. The molecule has 0 amide bonds. The highest BCUT2D eigenvalue weighted by Crippen LogP contribution is 2.39. The van der Waals surface area contributed by atoms with Gasteiger partial charge in [-0.05, 0) is 35.9 Å². The van der Waals surface area contributed by atoms with Crippen LogP contribution in [0.25, 0.3) is 0 Å². The van der Waals surface area contributed by atoms with Crippen molar-refractivity contribution in [2.75, 3.05) is 0 Å². The van der Waals surface area contributed by atoms with Crippen LogP contribution in [0, 0.1) is 0 Å². The molecule has 0 spiro atoms. The van der Waals surface area contributed by atoms with Gasteiger partial charge in [-0.15, -0.1) is 0 Å². The van der Waals surface area contributed by atoms with Crippen molar-refractivity contribution in [3.05, 3.63) is 81.9 Å². The van der Waals surface area contributed by atoms with Crippen LogP contribution in [0.3, 0.4) is 0 Å². The highest BCUT2D eigenvalue weighted by Gasteiger charge is 2.34. The predicted octanol–water partition coefficient (Wildman–Crippen LogP) is 2.88. The molecule has 0 saturated carbocycles. The summed E-state index contributed by atoms with van der Waals surface area (Å²) in [6.07, 6.45) is 0.0362. The minimum Gasteiger partial charge on any atom is -0.508 e. The van der Waals surface area contributed by atoms with Crippen molar-refractivity contribution in [3.63, 3.8) is 0 Å². The van der Waals surface area contributed by atoms with Gasteiger partial charge in [-0.1, -0.05) is 18.2 Å². The average Bonchev–Trinajstić information content (AvgIpc) is 2.64. The molecular formula is C21H14O6. The van der Waals surface area contributed by atoms with Crippen molar-refractivity contribution in [1.82, 2.24) is 0 Å². The summed E-state index contributed by atoms with van der Waals surface area (Å²) in [5, 5.41) is 40.2. The molecule has 0 aromatic heterocycles. The Balaban J connectivity index is 1.85. The fourth-order valence-corrected chi connectivity index (χ4v) is 3.35. The monoisotopic (exact) mass is 362 g/mol. The van der Waals surface area contributed by atoms with Crippen LogP contribution in [0.1, 0.15) is 43.0 Å². The first-order valence-electron chi connectivity index (χ1n) is 8.15. The number of carbonyl (C=O) groups excluding carboxylic acids is 2. The maximum atomic E-state index is 12.9. The second kappa shape index (κ2) is 5.88. The summed E-state index contributed by atoms with van der Waals surface area (Å²) in [6.45, 7) is 0. The number of hydrogen-bond donors (Lipinski definition) is 4. The summed E-state index contributed by atoms with van der Waals surface area (Å²) in [7, 11) is 0. The maximum Gasteiger partial charge on any atom is 0.201 e. The first-order chi connectivity index (χ1) is 12.9. The highest BCUT2D eigenvalue weighted by atomic mass is 16.3. The smallest absolute Gasteiger partial charge is 0.201 e. The number of aromatic hydroxyl groups is 4. The number of carbonyl (C=O) groups is 2. The van der Waals surface area contributed by atoms with E-state index in [1.165, 1.54) is 48.5 Å². The molecule has 0 saturated heterocycles. The van der Waals surface area contributed by atoms with Crippen LogP contribution in [0.2, 0.25) is 0 Å². The van der Waals surface area contributed by atoms with Gasteiger partial charge in [0.15, 0.2) is 5.78 Å². The van der Waals surface area contributed by atoms with E-state index in [1.807, 2.05) is 0 Å². The largest absolute Gasteiger partial charge is 0.508 e. The van der Waals surface area contributed by atoms with Crippen molar-refractivity contribution in [1.29, 1.82) is 0 Å². The summed E-state index contributed by atoms with van der Waals surface area (Å²) >= 11 is 0. The number of ketones is 2. The van der Waals surface area contributed by atoms with Crippen LogP contribution in [0.4, 0.5) is 0 Å². The molecule has 4 rings (SSSR count). The molecule has 6 heteroatoms. The average molecular weight is 362 g/mol. The molecule has 0 fully saturated rings. The summed E-state index contributed by atoms with van der Waals surface area (Å²) in [5.74, 6) is -1.94. The van der Waals surface area contributed by atoms with Crippen molar-refractivity contribution < 1.29 is 30.0 Å². The maximum absolute atomic E-state index is 12.9. The Labute approximate surface area is 153 Å². The lowest BCUT2D eigenvalue weighted by atomic mass is 9.81. The standard InChI is InChI=1S/C21H14O6/c22-12-5-7-15(23)11(9-12)8-10-4-6-14-18(19(10)25)21(27)17-13(20(14)26)2-1-3-16(17)24/h1-7,9,22-25H,8H2. The molecule has 134 valence electrons. The highest BCUT2D eigenvalue weighted by molar-refractivity contribution is 6.30. The summed E-state index contributed by atoms with van der Waals surface area (Å²) < 4.78 is 0. The Morgan fingerprint density at radius 3 is 2.19 bits per heavy atom. The summed E-state index contributed by atoms with van der Waals surface area (Å²) in [4.78, 5) is 25.5. The SMILES string of the molecule is O=C1c2cccc(O)c2C(=O)c2c1ccc(Cc1cc(O)ccc1O)c2O. The van der Waals surface area contributed by atoms with Crippen LogP contribution in [-0.2, 0) is 6.42 Å². The van der Waals surface area contributed by atoms with Gasteiger partial charge in [-0.3, -0.25) is 9.59 Å². The molecule has 1 aliphatic carbocycles. The van der Waals surface area contributed by atoms with E-state index < -0.39 is 11.6 Å². The minimum absolute atomic E-state index is 0.0362. The van der Waals surface area contributed by atoms with Gasteiger partial charge >= 0.3 is 0 Å². The molecule has 4 N–H and O–H groups in total. The number of phenols is 4. The van der Waals surface area contributed by atoms with E-state index >= 15 is 0 Å².